The van der Waals surface area contributed by atoms with Gasteiger partial charge in [-0.3, -0.25) is 9.52 Å². The third-order valence-corrected chi connectivity index (χ3v) is 5.45. The van der Waals surface area contributed by atoms with E-state index in [0.29, 0.717) is 11.8 Å². The predicted octanol–water partition coefficient (Wildman–Crippen LogP) is 4.17. The van der Waals surface area contributed by atoms with Crippen molar-refractivity contribution < 1.29 is 31.1 Å². The zero-order valence-corrected chi connectivity index (χ0v) is 16.3. The minimum absolute atomic E-state index is 0.0786. The standard InChI is InChI=1S/C20H15F3N2O4S/c1-29-12-6-8-13(9-7-12)30(27,28)25-16-5-3-2-4-14(16)20(26)24-17-11-10-15(21)18(22)19(17)23/h2-11,25H,1H3,(H,24,26). The van der Waals surface area contributed by atoms with Crippen LogP contribution in [0.1, 0.15) is 10.4 Å². The fourth-order valence-electron chi connectivity index (χ4n) is 2.54. The molecule has 0 spiro atoms. The highest BCUT2D eigenvalue weighted by molar-refractivity contribution is 7.92. The number of ether oxygens (including phenoxy) is 1. The molecule has 0 saturated heterocycles. The summed E-state index contributed by atoms with van der Waals surface area (Å²) in [5.74, 6) is -5.17. The normalized spacial score (nSPS) is 11.1. The molecule has 0 radical (unpaired) electrons. The van der Waals surface area contributed by atoms with E-state index in [1.165, 1.54) is 55.6 Å². The zero-order chi connectivity index (χ0) is 21.9. The Balaban J connectivity index is 1.88. The van der Waals surface area contributed by atoms with Gasteiger partial charge in [-0.2, -0.15) is 0 Å². The van der Waals surface area contributed by atoms with Crippen LogP contribution in [0.15, 0.2) is 65.6 Å². The van der Waals surface area contributed by atoms with Gasteiger partial charge in [0.25, 0.3) is 15.9 Å². The molecule has 0 aliphatic heterocycles. The first-order chi connectivity index (χ1) is 14.2. The van der Waals surface area contributed by atoms with Crippen LogP contribution < -0.4 is 14.8 Å². The summed E-state index contributed by atoms with van der Waals surface area (Å²) in [6.45, 7) is 0. The summed E-state index contributed by atoms with van der Waals surface area (Å²) in [6, 6.07) is 12.6. The molecule has 0 saturated carbocycles. The van der Waals surface area contributed by atoms with Crippen molar-refractivity contribution in [1.29, 1.82) is 0 Å². The van der Waals surface area contributed by atoms with E-state index in [1.54, 1.807) is 0 Å². The first-order valence-corrected chi connectivity index (χ1v) is 9.92. The Morgan fingerprint density at radius 3 is 2.20 bits per heavy atom. The average Bonchev–Trinajstić information content (AvgIpc) is 2.74. The van der Waals surface area contributed by atoms with Crippen LogP contribution in [-0.4, -0.2) is 21.4 Å². The van der Waals surface area contributed by atoms with Crippen molar-refractivity contribution in [2.45, 2.75) is 4.90 Å². The van der Waals surface area contributed by atoms with Gasteiger partial charge >= 0.3 is 0 Å². The van der Waals surface area contributed by atoms with E-state index in [0.717, 1.165) is 6.07 Å². The topological polar surface area (TPSA) is 84.5 Å². The monoisotopic (exact) mass is 436 g/mol. The zero-order valence-electron chi connectivity index (χ0n) is 15.4. The molecular formula is C20H15F3N2O4S. The highest BCUT2D eigenvalue weighted by Gasteiger charge is 2.21. The number of sulfonamides is 1. The molecule has 1 amide bonds. The van der Waals surface area contributed by atoms with E-state index < -0.39 is 39.1 Å². The second-order valence-corrected chi connectivity index (χ2v) is 7.69. The summed E-state index contributed by atoms with van der Waals surface area (Å²) < 4.78 is 72.8. The SMILES string of the molecule is COc1ccc(S(=O)(=O)Nc2ccccc2C(=O)Nc2ccc(F)c(F)c2F)cc1. The molecular weight excluding hydrogens is 421 g/mol. The van der Waals surface area contributed by atoms with Gasteiger partial charge in [-0.15, -0.1) is 0 Å². The van der Waals surface area contributed by atoms with Crippen molar-refractivity contribution in [1.82, 2.24) is 0 Å². The third kappa shape index (κ3) is 4.38. The number of hydrogen-bond donors (Lipinski definition) is 2. The van der Waals surface area contributed by atoms with E-state index in [-0.39, 0.29) is 16.1 Å². The van der Waals surface area contributed by atoms with Crippen molar-refractivity contribution in [3.63, 3.8) is 0 Å². The molecule has 3 aromatic carbocycles. The number of para-hydroxylation sites is 1. The van der Waals surface area contributed by atoms with Crippen LogP contribution in [0, 0.1) is 17.5 Å². The lowest BCUT2D eigenvalue weighted by Crippen LogP contribution is -2.19. The second-order valence-electron chi connectivity index (χ2n) is 6.00. The van der Waals surface area contributed by atoms with Crippen molar-refractivity contribution in [2.24, 2.45) is 0 Å². The van der Waals surface area contributed by atoms with Crippen LogP contribution in [0.2, 0.25) is 0 Å². The minimum atomic E-state index is -4.06. The Hall–Kier alpha value is -3.53. The molecule has 0 aliphatic carbocycles. The molecule has 0 bridgehead atoms. The van der Waals surface area contributed by atoms with Crippen LogP contribution in [0.4, 0.5) is 24.5 Å². The van der Waals surface area contributed by atoms with E-state index in [4.69, 9.17) is 4.74 Å². The molecule has 10 heteroatoms. The smallest absolute Gasteiger partial charge is 0.261 e. The predicted molar refractivity (Wildman–Crippen MR) is 105 cm³/mol. The molecule has 3 rings (SSSR count). The Bertz CT molecular complexity index is 1200. The Labute approximate surface area is 170 Å². The van der Waals surface area contributed by atoms with Gasteiger partial charge in [0.2, 0.25) is 0 Å². The maximum atomic E-state index is 13.8. The molecule has 30 heavy (non-hydrogen) atoms. The fraction of sp³-hybridized carbons (Fsp3) is 0.0500. The Morgan fingerprint density at radius 2 is 1.53 bits per heavy atom. The van der Waals surface area contributed by atoms with Gasteiger partial charge < -0.3 is 10.1 Å². The molecule has 0 unspecified atom stereocenters. The molecule has 0 atom stereocenters. The number of methoxy groups -OCH3 is 1. The first kappa shape index (κ1) is 21.2. The molecule has 0 heterocycles. The number of nitrogens with one attached hydrogen (secondary N) is 2. The molecule has 6 nitrogen and oxygen atoms in total. The molecule has 0 aliphatic rings. The summed E-state index contributed by atoms with van der Waals surface area (Å²) in [7, 11) is -2.62. The van der Waals surface area contributed by atoms with E-state index in [9.17, 15) is 26.4 Å². The molecule has 156 valence electrons. The number of hydrogen-bond acceptors (Lipinski definition) is 4. The van der Waals surface area contributed by atoms with Crippen molar-refractivity contribution in [2.75, 3.05) is 17.1 Å². The number of carbonyl (C=O) groups excluding carboxylic acids is 1. The van der Waals surface area contributed by atoms with Crippen LogP contribution in [0.25, 0.3) is 0 Å². The molecule has 3 aromatic rings. The number of amides is 1. The van der Waals surface area contributed by atoms with Crippen LogP contribution in [-0.2, 0) is 10.0 Å². The quantitative estimate of drug-likeness (QED) is 0.568. The highest BCUT2D eigenvalue weighted by Crippen LogP contribution is 2.24. The second kappa shape index (κ2) is 8.46. The summed E-state index contributed by atoms with van der Waals surface area (Å²) in [5.41, 5.74) is -0.834. The maximum Gasteiger partial charge on any atom is 0.261 e. The van der Waals surface area contributed by atoms with Crippen LogP contribution in [0.5, 0.6) is 5.75 Å². The van der Waals surface area contributed by atoms with Gasteiger partial charge in [-0.1, -0.05) is 12.1 Å². The van der Waals surface area contributed by atoms with Gasteiger partial charge in [0.05, 0.1) is 28.9 Å². The van der Waals surface area contributed by atoms with Crippen molar-refractivity contribution in [3.05, 3.63) is 83.7 Å². The first-order valence-electron chi connectivity index (χ1n) is 8.43. The number of rotatable bonds is 6. The summed E-state index contributed by atoms with van der Waals surface area (Å²) in [4.78, 5) is 12.5. The molecule has 2 N–H and O–H groups in total. The van der Waals surface area contributed by atoms with Crippen molar-refractivity contribution in [3.8, 4) is 5.75 Å². The largest absolute Gasteiger partial charge is 0.497 e. The summed E-state index contributed by atoms with van der Waals surface area (Å²) in [5, 5.41) is 2.10. The lowest BCUT2D eigenvalue weighted by atomic mass is 10.1. The van der Waals surface area contributed by atoms with Crippen LogP contribution >= 0.6 is 0 Å². The lowest BCUT2D eigenvalue weighted by molar-refractivity contribution is 0.102. The van der Waals surface area contributed by atoms with E-state index >= 15 is 0 Å². The van der Waals surface area contributed by atoms with E-state index in [2.05, 4.69) is 10.0 Å². The van der Waals surface area contributed by atoms with Gasteiger partial charge in [0.1, 0.15) is 5.75 Å². The summed E-state index contributed by atoms with van der Waals surface area (Å²) >= 11 is 0. The maximum absolute atomic E-state index is 13.8. The summed E-state index contributed by atoms with van der Waals surface area (Å²) in [6.07, 6.45) is 0. The number of anilines is 2. The van der Waals surface area contributed by atoms with Crippen molar-refractivity contribution >= 4 is 27.3 Å². The van der Waals surface area contributed by atoms with Gasteiger partial charge in [0.15, 0.2) is 17.5 Å². The number of halogens is 3. The Kier molecular flexibility index (Phi) is 5.97. The number of benzene rings is 3. The lowest BCUT2D eigenvalue weighted by Gasteiger charge is -2.13. The third-order valence-electron chi connectivity index (χ3n) is 4.07. The minimum Gasteiger partial charge on any atom is -0.497 e. The van der Waals surface area contributed by atoms with Gasteiger partial charge in [0, 0.05) is 0 Å². The molecule has 0 fully saturated rings. The molecule has 0 aromatic heterocycles. The number of carbonyl (C=O) groups is 1. The van der Waals surface area contributed by atoms with Gasteiger partial charge in [-0.25, -0.2) is 21.6 Å². The highest BCUT2D eigenvalue weighted by atomic mass is 32.2. The fourth-order valence-corrected chi connectivity index (χ4v) is 3.62. The Morgan fingerprint density at radius 1 is 0.867 bits per heavy atom. The average molecular weight is 436 g/mol. The van der Waals surface area contributed by atoms with Gasteiger partial charge in [-0.05, 0) is 48.5 Å². The van der Waals surface area contributed by atoms with Crippen LogP contribution in [0.3, 0.4) is 0 Å². The van der Waals surface area contributed by atoms with E-state index in [1.807, 2.05) is 0 Å².